The van der Waals surface area contributed by atoms with E-state index in [2.05, 4.69) is 0 Å². The summed E-state index contributed by atoms with van der Waals surface area (Å²) in [6, 6.07) is 16.9. The van der Waals surface area contributed by atoms with Crippen LogP contribution in [0.1, 0.15) is 41.4 Å². The van der Waals surface area contributed by atoms with Gasteiger partial charge >= 0.3 is 5.97 Å². The minimum absolute atomic E-state index is 0.0594. The molecule has 2 atom stereocenters. The highest BCUT2D eigenvalue weighted by molar-refractivity contribution is 6.06. The highest BCUT2D eigenvalue weighted by Gasteiger charge is 2.46. The topological polar surface area (TPSA) is 85.2 Å². The Balaban J connectivity index is 1.98. The molecule has 0 spiro atoms. The molecule has 0 radical (unpaired) electrons. The van der Waals surface area contributed by atoms with E-state index in [1.165, 1.54) is 7.11 Å². The highest BCUT2D eigenvalue weighted by Crippen LogP contribution is 2.50. The van der Waals surface area contributed by atoms with Crippen LogP contribution >= 0.6 is 0 Å². The van der Waals surface area contributed by atoms with Crippen molar-refractivity contribution in [1.82, 2.24) is 0 Å². The summed E-state index contributed by atoms with van der Waals surface area (Å²) in [5.74, 6) is -0.0370. The normalized spacial score (nSPS) is 19.6. The molecule has 156 valence electrons. The average molecular weight is 408 g/mol. The third-order valence-electron chi connectivity index (χ3n) is 5.45. The van der Waals surface area contributed by atoms with E-state index < -0.39 is 23.8 Å². The van der Waals surface area contributed by atoms with Crippen molar-refractivity contribution in [3.05, 3.63) is 71.3 Å². The average Bonchev–Trinajstić information content (AvgIpc) is 2.76. The van der Waals surface area contributed by atoms with Crippen LogP contribution in [0.5, 0.6) is 11.5 Å². The molecule has 2 N–H and O–H groups in total. The lowest BCUT2D eigenvalue weighted by Crippen LogP contribution is -2.49. The SMILES string of the molecule is COC(=O)c1c2c(c3ccccc3c1OCc1ccccc1)OC(C)(C)[C@H](O)[C@H]2O. The van der Waals surface area contributed by atoms with Crippen LogP contribution in [-0.4, -0.2) is 35.0 Å². The van der Waals surface area contributed by atoms with Crippen molar-refractivity contribution in [3.63, 3.8) is 0 Å². The Hall–Kier alpha value is -3.09. The molecule has 3 aromatic carbocycles. The summed E-state index contributed by atoms with van der Waals surface area (Å²) in [5.41, 5.74) is 0.113. The Bertz CT molecular complexity index is 1090. The number of fused-ring (bicyclic) bond motifs is 3. The number of aliphatic hydroxyl groups is 2. The van der Waals surface area contributed by atoms with Crippen molar-refractivity contribution < 1.29 is 29.2 Å². The van der Waals surface area contributed by atoms with Gasteiger partial charge in [-0.25, -0.2) is 4.79 Å². The third-order valence-corrected chi connectivity index (χ3v) is 5.45. The predicted molar refractivity (Wildman–Crippen MR) is 112 cm³/mol. The zero-order chi connectivity index (χ0) is 21.5. The van der Waals surface area contributed by atoms with Crippen molar-refractivity contribution in [1.29, 1.82) is 0 Å². The zero-order valence-corrected chi connectivity index (χ0v) is 17.1. The van der Waals surface area contributed by atoms with E-state index in [0.717, 1.165) is 5.56 Å². The maximum absolute atomic E-state index is 12.8. The predicted octanol–water partition coefficient (Wildman–Crippen LogP) is 3.77. The number of carbonyl (C=O) groups excluding carboxylic acids is 1. The number of carbonyl (C=O) groups is 1. The van der Waals surface area contributed by atoms with Crippen molar-refractivity contribution in [2.75, 3.05) is 7.11 Å². The van der Waals surface area contributed by atoms with Crippen LogP contribution < -0.4 is 9.47 Å². The molecule has 0 fully saturated rings. The van der Waals surface area contributed by atoms with Gasteiger partial charge in [0.05, 0.1) is 7.11 Å². The Morgan fingerprint density at radius 1 is 1.03 bits per heavy atom. The second-order valence-corrected chi connectivity index (χ2v) is 7.85. The fraction of sp³-hybridized carbons (Fsp3) is 0.292. The molecule has 3 aromatic rings. The lowest BCUT2D eigenvalue weighted by Gasteiger charge is -2.41. The quantitative estimate of drug-likeness (QED) is 0.640. The number of methoxy groups -OCH3 is 1. The van der Waals surface area contributed by atoms with Crippen molar-refractivity contribution in [3.8, 4) is 11.5 Å². The summed E-state index contributed by atoms with van der Waals surface area (Å²) >= 11 is 0. The first-order chi connectivity index (χ1) is 14.3. The molecule has 6 nitrogen and oxygen atoms in total. The molecule has 0 aromatic heterocycles. The number of esters is 1. The fourth-order valence-corrected chi connectivity index (χ4v) is 3.83. The maximum Gasteiger partial charge on any atom is 0.342 e. The van der Waals surface area contributed by atoms with Gasteiger partial charge in [0.15, 0.2) is 0 Å². The van der Waals surface area contributed by atoms with Gasteiger partial charge < -0.3 is 24.4 Å². The molecule has 0 aliphatic carbocycles. The molecule has 0 unspecified atom stereocenters. The lowest BCUT2D eigenvalue weighted by atomic mass is 9.84. The summed E-state index contributed by atoms with van der Waals surface area (Å²) in [6.45, 7) is 3.60. The first-order valence-corrected chi connectivity index (χ1v) is 9.74. The van der Waals surface area contributed by atoms with Gasteiger partial charge in [0.2, 0.25) is 0 Å². The molecule has 30 heavy (non-hydrogen) atoms. The molecular formula is C24H24O6. The van der Waals surface area contributed by atoms with E-state index >= 15 is 0 Å². The maximum atomic E-state index is 12.8. The number of hydrogen-bond acceptors (Lipinski definition) is 6. The zero-order valence-electron chi connectivity index (χ0n) is 17.1. The molecular weight excluding hydrogens is 384 g/mol. The van der Waals surface area contributed by atoms with Crippen LogP contribution in [0, 0.1) is 0 Å². The highest BCUT2D eigenvalue weighted by atomic mass is 16.5. The second kappa shape index (κ2) is 7.63. The molecule has 0 saturated heterocycles. The standard InChI is InChI=1S/C24H24O6/c1-24(2)22(26)19(25)17-18(23(27)28-3)20(29-13-14-9-5-4-6-10-14)15-11-7-8-12-16(15)21(17)30-24/h4-12,19,22,25-26H,13H2,1-3H3/t19-,22+/m0/s1. The van der Waals surface area contributed by atoms with Gasteiger partial charge in [0, 0.05) is 16.3 Å². The van der Waals surface area contributed by atoms with Gasteiger partial charge in [-0.1, -0.05) is 54.6 Å². The van der Waals surface area contributed by atoms with Gasteiger partial charge in [0.1, 0.15) is 41.5 Å². The largest absolute Gasteiger partial charge is 0.487 e. The third kappa shape index (κ3) is 3.28. The lowest BCUT2D eigenvalue weighted by molar-refractivity contribution is -0.111. The summed E-state index contributed by atoms with van der Waals surface area (Å²) in [4.78, 5) is 12.8. The van der Waals surface area contributed by atoms with Gasteiger partial charge in [-0.05, 0) is 19.4 Å². The summed E-state index contributed by atoms with van der Waals surface area (Å²) in [5, 5.41) is 22.9. The molecule has 1 heterocycles. The Kier molecular flexibility index (Phi) is 5.13. The van der Waals surface area contributed by atoms with Crippen LogP contribution in [0.4, 0.5) is 0 Å². The van der Waals surface area contributed by atoms with Crippen molar-refractivity contribution in [2.45, 2.75) is 38.3 Å². The fourth-order valence-electron chi connectivity index (χ4n) is 3.83. The summed E-state index contributed by atoms with van der Waals surface area (Å²) in [7, 11) is 1.27. The van der Waals surface area contributed by atoms with E-state index in [-0.39, 0.29) is 23.5 Å². The van der Waals surface area contributed by atoms with Crippen LogP contribution in [0.15, 0.2) is 54.6 Å². The van der Waals surface area contributed by atoms with Crippen LogP contribution in [-0.2, 0) is 11.3 Å². The van der Waals surface area contributed by atoms with E-state index in [4.69, 9.17) is 14.2 Å². The molecule has 0 amide bonds. The van der Waals surface area contributed by atoms with E-state index in [0.29, 0.717) is 16.5 Å². The second-order valence-electron chi connectivity index (χ2n) is 7.85. The van der Waals surface area contributed by atoms with Gasteiger partial charge in [-0.3, -0.25) is 0 Å². The molecule has 1 aliphatic rings. The summed E-state index contributed by atoms with van der Waals surface area (Å²) < 4.78 is 17.2. The smallest absolute Gasteiger partial charge is 0.342 e. The van der Waals surface area contributed by atoms with Gasteiger partial charge in [-0.2, -0.15) is 0 Å². The van der Waals surface area contributed by atoms with Crippen molar-refractivity contribution >= 4 is 16.7 Å². The Labute approximate surface area is 174 Å². The summed E-state index contributed by atoms with van der Waals surface area (Å²) in [6.07, 6.45) is -2.59. The molecule has 4 rings (SSSR count). The van der Waals surface area contributed by atoms with E-state index in [1.54, 1.807) is 13.8 Å². The van der Waals surface area contributed by atoms with Crippen LogP contribution in [0.3, 0.4) is 0 Å². The van der Waals surface area contributed by atoms with Crippen LogP contribution in [0.2, 0.25) is 0 Å². The van der Waals surface area contributed by atoms with Crippen molar-refractivity contribution in [2.24, 2.45) is 0 Å². The van der Waals surface area contributed by atoms with E-state index in [9.17, 15) is 15.0 Å². The molecule has 6 heteroatoms. The van der Waals surface area contributed by atoms with Gasteiger partial charge in [-0.15, -0.1) is 0 Å². The molecule has 0 saturated carbocycles. The first-order valence-electron chi connectivity index (χ1n) is 9.74. The number of hydrogen-bond donors (Lipinski definition) is 2. The Morgan fingerprint density at radius 3 is 2.33 bits per heavy atom. The molecule has 0 bridgehead atoms. The monoisotopic (exact) mass is 408 g/mol. The number of rotatable bonds is 4. The minimum atomic E-state index is -1.35. The Morgan fingerprint density at radius 2 is 1.67 bits per heavy atom. The van der Waals surface area contributed by atoms with Gasteiger partial charge in [0.25, 0.3) is 0 Å². The van der Waals surface area contributed by atoms with Crippen LogP contribution in [0.25, 0.3) is 10.8 Å². The number of benzene rings is 3. The number of ether oxygens (including phenoxy) is 3. The first kappa shape index (κ1) is 20.2. The number of aliphatic hydroxyl groups excluding tert-OH is 2. The minimum Gasteiger partial charge on any atom is -0.487 e. The molecule has 1 aliphatic heterocycles. The van der Waals surface area contributed by atoms with E-state index in [1.807, 2.05) is 54.6 Å².